The second-order valence-corrected chi connectivity index (χ2v) is 10.3. The van der Waals surface area contributed by atoms with E-state index in [0.29, 0.717) is 12.8 Å². The SMILES string of the molecule is CC(C)OC(C1CCC(C(OCOCC2CCCCC2)(C(F)(F)F)C(F)(F)F)CC1)(C(F)(F)F)C(F)(F)F. The van der Waals surface area contributed by atoms with Crippen LogP contribution in [-0.4, -0.2) is 55.4 Å². The molecular formula is C23H32F12O3. The van der Waals surface area contributed by atoms with E-state index in [2.05, 4.69) is 9.47 Å². The molecule has 38 heavy (non-hydrogen) atoms. The van der Waals surface area contributed by atoms with Gasteiger partial charge in [-0.05, 0) is 58.3 Å². The number of hydrogen-bond acceptors (Lipinski definition) is 3. The summed E-state index contributed by atoms with van der Waals surface area (Å²) in [5.74, 6) is -5.01. The summed E-state index contributed by atoms with van der Waals surface area (Å²) in [5.41, 5.74) is -9.57. The maximum absolute atomic E-state index is 14.0. The van der Waals surface area contributed by atoms with Crippen molar-refractivity contribution in [3.05, 3.63) is 0 Å². The Balaban J connectivity index is 2.31. The Bertz CT molecular complexity index is 700. The Morgan fingerprint density at radius 1 is 0.579 bits per heavy atom. The third-order valence-electron chi connectivity index (χ3n) is 7.43. The summed E-state index contributed by atoms with van der Waals surface area (Å²) >= 11 is 0. The second kappa shape index (κ2) is 11.9. The molecule has 0 atom stereocenters. The van der Waals surface area contributed by atoms with Gasteiger partial charge in [-0.25, -0.2) is 0 Å². The predicted molar refractivity (Wildman–Crippen MR) is 110 cm³/mol. The molecule has 0 aromatic rings. The van der Waals surface area contributed by atoms with E-state index in [-0.39, 0.29) is 12.5 Å². The summed E-state index contributed by atoms with van der Waals surface area (Å²) in [6.45, 7) is 0.306. The molecule has 226 valence electrons. The molecule has 15 heteroatoms. The van der Waals surface area contributed by atoms with Crippen LogP contribution >= 0.6 is 0 Å². The number of hydrogen-bond donors (Lipinski definition) is 0. The molecule has 0 saturated heterocycles. The molecule has 2 rings (SSSR count). The molecule has 0 radical (unpaired) electrons. The van der Waals surface area contributed by atoms with E-state index in [9.17, 15) is 52.7 Å². The first-order chi connectivity index (χ1) is 17.2. The molecule has 2 aliphatic carbocycles. The van der Waals surface area contributed by atoms with Crippen LogP contribution in [0.1, 0.15) is 71.6 Å². The van der Waals surface area contributed by atoms with Crippen LogP contribution in [0.15, 0.2) is 0 Å². The number of ether oxygens (including phenoxy) is 3. The summed E-state index contributed by atoms with van der Waals surface area (Å²) in [4.78, 5) is 0. The van der Waals surface area contributed by atoms with E-state index < -0.39 is 86.3 Å². The van der Waals surface area contributed by atoms with E-state index in [1.807, 2.05) is 0 Å². The van der Waals surface area contributed by atoms with E-state index in [1.165, 1.54) is 0 Å². The Morgan fingerprint density at radius 2 is 0.974 bits per heavy atom. The monoisotopic (exact) mass is 584 g/mol. The zero-order chi connectivity index (χ0) is 29.2. The summed E-state index contributed by atoms with van der Waals surface area (Å²) in [6, 6.07) is 0. The van der Waals surface area contributed by atoms with Gasteiger partial charge in [0.25, 0.3) is 11.2 Å². The quantitative estimate of drug-likeness (QED) is 0.155. The van der Waals surface area contributed by atoms with Gasteiger partial charge in [-0.3, -0.25) is 0 Å². The van der Waals surface area contributed by atoms with Crippen LogP contribution < -0.4 is 0 Å². The number of rotatable bonds is 9. The fourth-order valence-corrected chi connectivity index (χ4v) is 5.74. The number of alkyl halides is 12. The molecule has 0 N–H and O–H groups in total. The molecular weight excluding hydrogens is 552 g/mol. The first-order valence-corrected chi connectivity index (χ1v) is 12.4. The Morgan fingerprint density at radius 3 is 1.34 bits per heavy atom. The van der Waals surface area contributed by atoms with E-state index >= 15 is 0 Å². The van der Waals surface area contributed by atoms with Crippen LogP contribution in [-0.2, 0) is 14.2 Å². The number of halogens is 12. The van der Waals surface area contributed by atoms with Crippen LogP contribution in [0.3, 0.4) is 0 Å². The predicted octanol–water partition coefficient (Wildman–Crippen LogP) is 8.52. The molecule has 0 unspecified atom stereocenters. The van der Waals surface area contributed by atoms with E-state index in [1.54, 1.807) is 0 Å². The highest BCUT2D eigenvalue weighted by Gasteiger charge is 2.78. The fraction of sp³-hybridized carbons (Fsp3) is 1.00. The summed E-state index contributed by atoms with van der Waals surface area (Å²) < 4.78 is 181. The molecule has 0 aromatic heterocycles. The minimum Gasteiger partial charge on any atom is -0.355 e. The van der Waals surface area contributed by atoms with Gasteiger partial charge in [0.1, 0.15) is 6.79 Å². The Kier molecular flexibility index (Phi) is 10.4. The van der Waals surface area contributed by atoms with Crippen molar-refractivity contribution in [2.45, 2.75) is 114 Å². The third-order valence-corrected chi connectivity index (χ3v) is 7.43. The lowest BCUT2D eigenvalue weighted by Crippen LogP contribution is -2.67. The van der Waals surface area contributed by atoms with E-state index in [0.717, 1.165) is 33.1 Å². The van der Waals surface area contributed by atoms with Gasteiger partial charge < -0.3 is 14.2 Å². The highest BCUT2D eigenvalue weighted by molar-refractivity contribution is 5.07. The van der Waals surface area contributed by atoms with Gasteiger partial charge in [-0.1, -0.05) is 19.3 Å². The third kappa shape index (κ3) is 6.67. The standard InChI is InChI=1S/C23H32F12O3/c1-14(2)38-19(22(30,31)32,23(33,34)35)17-10-8-16(9-11-17)18(20(24,25)26,21(27,28)29)37-13-36-12-15-6-4-3-5-7-15/h14-17H,3-13H2,1-2H3. The summed E-state index contributed by atoms with van der Waals surface area (Å²) in [6.07, 6.45) is -26.8. The van der Waals surface area contributed by atoms with Crippen molar-refractivity contribution >= 4 is 0 Å². The summed E-state index contributed by atoms with van der Waals surface area (Å²) in [7, 11) is 0. The molecule has 0 bridgehead atoms. The fourth-order valence-electron chi connectivity index (χ4n) is 5.74. The lowest BCUT2D eigenvalue weighted by molar-refractivity contribution is -0.420. The largest absolute Gasteiger partial charge is 0.426 e. The van der Waals surface area contributed by atoms with Crippen LogP contribution in [0.25, 0.3) is 0 Å². The molecule has 2 saturated carbocycles. The molecule has 0 aliphatic heterocycles. The van der Waals surface area contributed by atoms with Gasteiger partial charge in [-0.15, -0.1) is 0 Å². The van der Waals surface area contributed by atoms with Crippen molar-refractivity contribution < 1.29 is 66.9 Å². The van der Waals surface area contributed by atoms with Crippen molar-refractivity contribution in [1.82, 2.24) is 0 Å². The van der Waals surface area contributed by atoms with Crippen LogP contribution in [0.5, 0.6) is 0 Å². The smallest absolute Gasteiger partial charge is 0.355 e. The highest BCUT2D eigenvalue weighted by Crippen LogP contribution is 2.59. The maximum atomic E-state index is 14.0. The van der Waals surface area contributed by atoms with Gasteiger partial charge in [0.05, 0.1) is 12.7 Å². The van der Waals surface area contributed by atoms with Crippen LogP contribution in [0.2, 0.25) is 0 Å². The molecule has 0 spiro atoms. The topological polar surface area (TPSA) is 27.7 Å². The van der Waals surface area contributed by atoms with Crippen molar-refractivity contribution in [3.8, 4) is 0 Å². The molecule has 0 amide bonds. The first-order valence-electron chi connectivity index (χ1n) is 12.4. The van der Waals surface area contributed by atoms with Crippen molar-refractivity contribution in [3.63, 3.8) is 0 Å². The minimum atomic E-state index is -6.07. The van der Waals surface area contributed by atoms with Crippen LogP contribution in [0, 0.1) is 17.8 Å². The molecule has 3 nitrogen and oxygen atoms in total. The van der Waals surface area contributed by atoms with Gasteiger partial charge in [-0.2, -0.15) is 52.7 Å². The zero-order valence-electron chi connectivity index (χ0n) is 20.8. The lowest BCUT2D eigenvalue weighted by atomic mass is 9.67. The second-order valence-electron chi connectivity index (χ2n) is 10.3. The Hall–Kier alpha value is -0.960. The molecule has 2 aliphatic rings. The Labute approximate surface area is 212 Å². The van der Waals surface area contributed by atoms with Gasteiger partial charge in [0, 0.05) is 11.8 Å². The minimum absolute atomic E-state index is 0.0622. The van der Waals surface area contributed by atoms with Crippen LogP contribution in [0.4, 0.5) is 52.7 Å². The van der Waals surface area contributed by atoms with Gasteiger partial charge in [0.2, 0.25) is 0 Å². The first kappa shape index (κ1) is 33.2. The van der Waals surface area contributed by atoms with Crippen molar-refractivity contribution in [2.75, 3.05) is 13.4 Å². The average Bonchev–Trinajstić information content (AvgIpc) is 2.75. The highest BCUT2D eigenvalue weighted by atomic mass is 19.4. The van der Waals surface area contributed by atoms with E-state index in [4.69, 9.17) is 4.74 Å². The normalized spacial score (nSPS) is 23.8. The molecule has 0 aromatic carbocycles. The maximum Gasteiger partial charge on any atom is 0.426 e. The van der Waals surface area contributed by atoms with Crippen molar-refractivity contribution in [2.24, 2.45) is 17.8 Å². The van der Waals surface area contributed by atoms with Gasteiger partial charge in [0.15, 0.2) is 0 Å². The molecule has 0 heterocycles. The molecule has 2 fully saturated rings. The zero-order valence-corrected chi connectivity index (χ0v) is 20.8. The summed E-state index contributed by atoms with van der Waals surface area (Å²) in [5, 5.41) is 0. The lowest BCUT2D eigenvalue weighted by Gasteiger charge is -2.49. The van der Waals surface area contributed by atoms with Gasteiger partial charge >= 0.3 is 24.7 Å². The van der Waals surface area contributed by atoms with Crippen molar-refractivity contribution in [1.29, 1.82) is 0 Å². The average molecular weight is 584 g/mol.